The standard InChI is InChI=1S/C12H14O/c1-5-10-6-7-11(9(2)3)12(8-10)13-4/h1,6-9H,2-4H3. The van der Waals surface area contributed by atoms with Crippen molar-refractivity contribution in [1.29, 1.82) is 0 Å². The average Bonchev–Trinajstić information content (AvgIpc) is 2.16. The van der Waals surface area contributed by atoms with E-state index >= 15 is 0 Å². The van der Waals surface area contributed by atoms with Gasteiger partial charge in [-0.25, -0.2) is 0 Å². The smallest absolute Gasteiger partial charge is 0.123 e. The number of benzene rings is 1. The van der Waals surface area contributed by atoms with E-state index in [-0.39, 0.29) is 0 Å². The molecule has 1 rings (SSSR count). The second-order valence-electron chi connectivity index (χ2n) is 3.26. The average molecular weight is 174 g/mol. The van der Waals surface area contributed by atoms with E-state index in [2.05, 4.69) is 19.8 Å². The third kappa shape index (κ3) is 2.03. The van der Waals surface area contributed by atoms with Crippen molar-refractivity contribution in [3.63, 3.8) is 0 Å². The first-order chi connectivity index (χ1) is 6.19. The highest BCUT2D eigenvalue weighted by atomic mass is 16.5. The highest BCUT2D eigenvalue weighted by molar-refractivity contribution is 5.44. The first kappa shape index (κ1) is 9.67. The Labute approximate surface area is 79.7 Å². The van der Waals surface area contributed by atoms with E-state index < -0.39 is 0 Å². The van der Waals surface area contributed by atoms with Gasteiger partial charge >= 0.3 is 0 Å². The number of terminal acetylenes is 1. The Morgan fingerprint density at radius 1 is 1.38 bits per heavy atom. The first-order valence-electron chi connectivity index (χ1n) is 4.33. The quantitative estimate of drug-likeness (QED) is 0.626. The van der Waals surface area contributed by atoms with Crippen LogP contribution < -0.4 is 4.74 Å². The van der Waals surface area contributed by atoms with Crippen molar-refractivity contribution in [2.45, 2.75) is 19.8 Å². The largest absolute Gasteiger partial charge is 0.496 e. The first-order valence-corrected chi connectivity index (χ1v) is 4.33. The second kappa shape index (κ2) is 4.00. The van der Waals surface area contributed by atoms with Crippen LogP contribution in [-0.2, 0) is 0 Å². The van der Waals surface area contributed by atoms with E-state index in [0.29, 0.717) is 5.92 Å². The minimum atomic E-state index is 0.460. The van der Waals surface area contributed by atoms with Gasteiger partial charge in [-0.15, -0.1) is 6.42 Å². The third-order valence-electron chi connectivity index (χ3n) is 2.02. The Morgan fingerprint density at radius 3 is 2.54 bits per heavy atom. The van der Waals surface area contributed by atoms with Gasteiger partial charge in [-0.2, -0.15) is 0 Å². The lowest BCUT2D eigenvalue weighted by Gasteiger charge is -2.11. The molecular weight excluding hydrogens is 160 g/mol. The zero-order valence-corrected chi connectivity index (χ0v) is 8.29. The van der Waals surface area contributed by atoms with Crippen LogP contribution in [-0.4, -0.2) is 7.11 Å². The number of methoxy groups -OCH3 is 1. The summed E-state index contributed by atoms with van der Waals surface area (Å²) in [7, 11) is 1.67. The molecule has 0 aliphatic heterocycles. The topological polar surface area (TPSA) is 9.23 Å². The molecule has 0 radical (unpaired) electrons. The molecule has 0 aliphatic rings. The Kier molecular flexibility index (Phi) is 2.97. The van der Waals surface area contributed by atoms with Gasteiger partial charge in [0.05, 0.1) is 7.11 Å². The van der Waals surface area contributed by atoms with Crippen LogP contribution in [0.25, 0.3) is 0 Å². The fourth-order valence-corrected chi connectivity index (χ4v) is 1.28. The van der Waals surface area contributed by atoms with Gasteiger partial charge in [-0.1, -0.05) is 25.8 Å². The number of hydrogen-bond donors (Lipinski definition) is 0. The molecule has 1 nitrogen and oxygen atoms in total. The molecule has 0 aromatic heterocycles. The second-order valence-corrected chi connectivity index (χ2v) is 3.26. The SMILES string of the molecule is C#Cc1ccc(C(C)C)c(OC)c1. The predicted molar refractivity (Wildman–Crippen MR) is 55.0 cm³/mol. The van der Waals surface area contributed by atoms with Crippen LogP contribution in [0.4, 0.5) is 0 Å². The van der Waals surface area contributed by atoms with Crippen molar-refractivity contribution in [3.8, 4) is 18.1 Å². The third-order valence-corrected chi connectivity index (χ3v) is 2.02. The number of hydrogen-bond acceptors (Lipinski definition) is 1. The minimum Gasteiger partial charge on any atom is -0.496 e. The van der Waals surface area contributed by atoms with Gasteiger partial charge in [0.15, 0.2) is 0 Å². The maximum absolute atomic E-state index is 5.29. The van der Waals surface area contributed by atoms with E-state index in [1.54, 1.807) is 7.11 Å². The molecule has 1 aromatic carbocycles. The van der Waals surface area contributed by atoms with Gasteiger partial charge in [-0.3, -0.25) is 0 Å². The van der Waals surface area contributed by atoms with Gasteiger partial charge in [0, 0.05) is 5.56 Å². The van der Waals surface area contributed by atoms with Crippen LogP contribution in [0, 0.1) is 12.3 Å². The molecule has 0 aliphatic carbocycles. The molecule has 1 aromatic rings. The monoisotopic (exact) mass is 174 g/mol. The van der Waals surface area contributed by atoms with Gasteiger partial charge in [0.25, 0.3) is 0 Å². The Balaban J connectivity index is 3.17. The van der Waals surface area contributed by atoms with E-state index in [1.165, 1.54) is 5.56 Å². The summed E-state index contributed by atoms with van der Waals surface area (Å²) in [6.07, 6.45) is 5.29. The van der Waals surface area contributed by atoms with Crippen molar-refractivity contribution in [2.24, 2.45) is 0 Å². The summed E-state index contributed by atoms with van der Waals surface area (Å²) in [5, 5.41) is 0. The summed E-state index contributed by atoms with van der Waals surface area (Å²) >= 11 is 0. The van der Waals surface area contributed by atoms with E-state index in [4.69, 9.17) is 11.2 Å². The highest BCUT2D eigenvalue weighted by Crippen LogP contribution is 2.26. The zero-order chi connectivity index (χ0) is 9.84. The molecule has 1 heteroatoms. The van der Waals surface area contributed by atoms with Gasteiger partial charge in [0.2, 0.25) is 0 Å². The van der Waals surface area contributed by atoms with Crippen LogP contribution in [0.1, 0.15) is 30.9 Å². The fraction of sp³-hybridized carbons (Fsp3) is 0.333. The van der Waals surface area contributed by atoms with Crippen LogP contribution in [0.3, 0.4) is 0 Å². The maximum atomic E-state index is 5.29. The minimum absolute atomic E-state index is 0.460. The highest BCUT2D eigenvalue weighted by Gasteiger charge is 2.06. The molecule has 0 N–H and O–H groups in total. The Morgan fingerprint density at radius 2 is 2.08 bits per heavy atom. The Bertz CT molecular complexity index is 331. The summed E-state index contributed by atoms with van der Waals surface area (Å²) in [6.45, 7) is 4.26. The number of ether oxygens (including phenoxy) is 1. The molecule has 13 heavy (non-hydrogen) atoms. The normalized spacial score (nSPS) is 9.77. The van der Waals surface area contributed by atoms with E-state index in [1.807, 2.05) is 18.2 Å². The van der Waals surface area contributed by atoms with Crippen LogP contribution in [0.5, 0.6) is 5.75 Å². The van der Waals surface area contributed by atoms with Crippen LogP contribution in [0.2, 0.25) is 0 Å². The molecular formula is C12H14O. The summed E-state index contributed by atoms with van der Waals surface area (Å²) in [4.78, 5) is 0. The van der Waals surface area contributed by atoms with E-state index in [0.717, 1.165) is 11.3 Å². The Hall–Kier alpha value is -1.42. The van der Waals surface area contributed by atoms with Gasteiger partial charge in [-0.05, 0) is 23.6 Å². The lowest BCUT2D eigenvalue weighted by Crippen LogP contribution is -1.94. The summed E-state index contributed by atoms with van der Waals surface area (Å²) in [6, 6.07) is 5.87. The summed E-state index contributed by atoms with van der Waals surface area (Å²) in [5.74, 6) is 3.93. The summed E-state index contributed by atoms with van der Waals surface area (Å²) < 4.78 is 5.25. The number of rotatable bonds is 2. The lowest BCUT2D eigenvalue weighted by atomic mass is 10.0. The van der Waals surface area contributed by atoms with E-state index in [9.17, 15) is 0 Å². The lowest BCUT2D eigenvalue weighted by molar-refractivity contribution is 0.407. The molecule has 0 amide bonds. The maximum Gasteiger partial charge on any atom is 0.123 e. The van der Waals surface area contributed by atoms with Crippen LogP contribution in [0.15, 0.2) is 18.2 Å². The molecule has 68 valence electrons. The van der Waals surface area contributed by atoms with Crippen LogP contribution >= 0.6 is 0 Å². The summed E-state index contributed by atoms with van der Waals surface area (Å²) in [5.41, 5.74) is 2.06. The zero-order valence-electron chi connectivity index (χ0n) is 8.29. The fourth-order valence-electron chi connectivity index (χ4n) is 1.28. The molecule has 0 bridgehead atoms. The van der Waals surface area contributed by atoms with Crippen molar-refractivity contribution in [3.05, 3.63) is 29.3 Å². The van der Waals surface area contributed by atoms with Crippen molar-refractivity contribution < 1.29 is 4.74 Å². The molecule has 0 saturated carbocycles. The molecule has 0 atom stereocenters. The predicted octanol–water partition coefficient (Wildman–Crippen LogP) is 2.80. The molecule has 0 spiro atoms. The van der Waals surface area contributed by atoms with Crippen molar-refractivity contribution >= 4 is 0 Å². The van der Waals surface area contributed by atoms with Gasteiger partial charge < -0.3 is 4.74 Å². The van der Waals surface area contributed by atoms with Crippen molar-refractivity contribution in [2.75, 3.05) is 7.11 Å². The van der Waals surface area contributed by atoms with Gasteiger partial charge in [0.1, 0.15) is 5.75 Å². The molecule has 0 heterocycles. The molecule has 0 fully saturated rings. The molecule has 0 unspecified atom stereocenters. The molecule has 0 saturated heterocycles. The van der Waals surface area contributed by atoms with Crippen molar-refractivity contribution in [1.82, 2.24) is 0 Å².